The van der Waals surface area contributed by atoms with Crippen molar-refractivity contribution in [2.24, 2.45) is 5.73 Å². The molecular formula is C14H22ClNO3. The number of methoxy groups -OCH3 is 2. The number of fused-ring (bicyclic) bond motifs is 1. The molecule has 19 heavy (non-hydrogen) atoms. The molecule has 1 aliphatic carbocycles. The van der Waals surface area contributed by atoms with Gasteiger partial charge in [-0.1, -0.05) is 6.07 Å². The van der Waals surface area contributed by atoms with Gasteiger partial charge in [0.05, 0.1) is 32.5 Å². The van der Waals surface area contributed by atoms with Crippen LogP contribution in [-0.4, -0.2) is 33.5 Å². The van der Waals surface area contributed by atoms with Gasteiger partial charge in [0.2, 0.25) is 0 Å². The number of nitrogens with two attached hydrogens (primary N) is 1. The zero-order valence-electron chi connectivity index (χ0n) is 11.4. The maximum Gasteiger partial charge on any atom is 0.119 e. The molecule has 4 nitrogen and oxygen atoms in total. The molecule has 0 radical (unpaired) electrons. The minimum Gasteiger partial charge on any atom is -0.497 e. The van der Waals surface area contributed by atoms with E-state index in [1.54, 1.807) is 14.2 Å². The van der Waals surface area contributed by atoms with Gasteiger partial charge in [-0.15, -0.1) is 12.4 Å². The van der Waals surface area contributed by atoms with Crippen LogP contribution in [0.25, 0.3) is 0 Å². The van der Waals surface area contributed by atoms with Gasteiger partial charge in [-0.05, 0) is 36.1 Å². The minimum absolute atomic E-state index is 0. The summed E-state index contributed by atoms with van der Waals surface area (Å²) in [5.74, 6) is 0.849. The maximum atomic E-state index is 6.28. The zero-order chi connectivity index (χ0) is 13.0. The Morgan fingerprint density at radius 2 is 2.05 bits per heavy atom. The van der Waals surface area contributed by atoms with Crippen LogP contribution in [0.15, 0.2) is 18.2 Å². The quantitative estimate of drug-likeness (QED) is 0.843. The Balaban J connectivity index is 0.00000180. The van der Waals surface area contributed by atoms with Crippen LogP contribution in [0.3, 0.4) is 0 Å². The maximum absolute atomic E-state index is 6.28. The first-order valence-electron chi connectivity index (χ1n) is 6.29. The first-order chi connectivity index (χ1) is 8.76. The van der Waals surface area contributed by atoms with Crippen molar-refractivity contribution < 1.29 is 14.2 Å². The van der Waals surface area contributed by atoms with Crippen LogP contribution in [0.4, 0.5) is 0 Å². The number of benzene rings is 1. The zero-order valence-corrected chi connectivity index (χ0v) is 12.2. The molecule has 1 aromatic carbocycles. The van der Waals surface area contributed by atoms with Crippen LogP contribution in [0.5, 0.6) is 5.75 Å². The molecule has 0 saturated heterocycles. The third-order valence-corrected chi connectivity index (χ3v) is 3.43. The lowest BCUT2D eigenvalue weighted by Crippen LogP contribution is -2.34. The lowest BCUT2D eigenvalue weighted by atomic mass is 9.86. The van der Waals surface area contributed by atoms with Gasteiger partial charge in [-0.2, -0.15) is 0 Å². The highest BCUT2D eigenvalue weighted by atomic mass is 35.5. The predicted octanol–water partition coefficient (Wildman–Crippen LogP) is 2.09. The Bertz CT molecular complexity index is 400. The standard InChI is InChI=1S/C14H21NO3.ClH/c1-16-7-8-18-13-6-4-10-3-5-11(17-2)9-12(10)14(13)15;/h3,5,9,13-14H,4,6-8,15H2,1-2H3;1H/t13-,14-;/m1./s1. The molecule has 0 bridgehead atoms. The van der Waals surface area contributed by atoms with Crippen LogP contribution in [0.1, 0.15) is 23.6 Å². The fourth-order valence-electron chi connectivity index (χ4n) is 2.39. The number of aryl methyl sites for hydroxylation is 1. The predicted molar refractivity (Wildman–Crippen MR) is 77.1 cm³/mol. The summed E-state index contributed by atoms with van der Waals surface area (Å²) in [7, 11) is 3.34. The minimum atomic E-state index is -0.0827. The second-order valence-corrected chi connectivity index (χ2v) is 4.53. The molecular weight excluding hydrogens is 266 g/mol. The number of rotatable bonds is 5. The molecule has 0 unspecified atom stereocenters. The van der Waals surface area contributed by atoms with Gasteiger partial charge in [0, 0.05) is 7.11 Å². The number of hydrogen-bond donors (Lipinski definition) is 1. The van der Waals surface area contributed by atoms with E-state index in [-0.39, 0.29) is 24.6 Å². The molecule has 2 atom stereocenters. The van der Waals surface area contributed by atoms with Crippen molar-refractivity contribution in [3.05, 3.63) is 29.3 Å². The largest absolute Gasteiger partial charge is 0.497 e. The molecule has 0 heterocycles. The lowest BCUT2D eigenvalue weighted by Gasteiger charge is -2.31. The molecule has 0 aromatic heterocycles. The van der Waals surface area contributed by atoms with Gasteiger partial charge in [-0.3, -0.25) is 0 Å². The van der Waals surface area contributed by atoms with E-state index < -0.39 is 0 Å². The lowest BCUT2D eigenvalue weighted by molar-refractivity contribution is -0.00301. The monoisotopic (exact) mass is 287 g/mol. The van der Waals surface area contributed by atoms with Crippen molar-refractivity contribution in [2.45, 2.75) is 25.0 Å². The molecule has 5 heteroatoms. The van der Waals surface area contributed by atoms with Crippen molar-refractivity contribution in [3.8, 4) is 5.75 Å². The summed E-state index contributed by atoms with van der Waals surface area (Å²) >= 11 is 0. The summed E-state index contributed by atoms with van der Waals surface area (Å²) < 4.78 is 16.0. The molecule has 2 N–H and O–H groups in total. The summed E-state index contributed by atoms with van der Waals surface area (Å²) in [6.45, 7) is 1.20. The first kappa shape index (κ1) is 16.2. The Kier molecular flexibility index (Phi) is 6.58. The Labute approximate surface area is 120 Å². The molecule has 0 amide bonds. The van der Waals surface area contributed by atoms with Crippen molar-refractivity contribution in [3.63, 3.8) is 0 Å². The Morgan fingerprint density at radius 1 is 1.26 bits per heavy atom. The molecule has 2 rings (SSSR count). The molecule has 1 aromatic rings. The summed E-state index contributed by atoms with van der Waals surface area (Å²) in [6, 6.07) is 6.02. The summed E-state index contributed by atoms with van der Waals surface area (Å²) in [5, 5.41) is 0. The van der Waals surface area contributed by atoms with E-state index in [2.05, 4.69) is 6.07 Å². The highest BCUT2D eigenvalue weighted by Gasteiger charge is 2.27. The topological polar surface area (TPSA) is 53.7 Å². The van der Waals surface area contributed by atoms with Crippen LogP contribution >= 0.6 is 12.4 Å². The van der Waals surface area contributed by atoms with E-state index in [4.69, 9.17) is 19.9 Å². The van der Waals surface area contributed by atoms with Crippen LogP contribution in [0, 0.1) is 0 Å². The van der Waals surface area contributed by atoms with Gasteiger partial charge < -0.3 is 19.9 Å². The highest BCUT2D eigenvalue weighted by molar-refractivity contribution is 5.85. The summed E-state index contributed by atoms with van der Waals surface area (Å²) in [5.41, 5.74) is 8.72. The van der Waals surface area contributed by atoms with Gasteiger partial charge in [0.25, 0.3) is 0 Å². The van der Waals surface area contributed by atoms with Gasteiger partial charge in [0.15, 0.2) is 0 Å². The van der Waals surface area contributed by atoms with Crippen molar-refractivity contribution >= 4 is 12.4 Å². The number of halogens is 1. The molecule has 0 spiro atoms. The van der Waals surface area contributed by atoms with E-state index in [9.17, 15) is 0 Å². The van der Waals surface area contributed by atoms with Gasteiger partial charge >= 0.3 is 0 Å². The fraction of sp³-hybridized carbons (Fsp3) is 0.571. The Hall–Kier alpha value is -0.810. The van der Waals surface area contributed by atoms with Gasteiger partial charge in [0.1, 0.15) is 5.75 Å². The summed E-state index contributed by atoms with van der Waals surface area (Å²) in [4.78, 5) is 0. The van der Waals surface area contributed by atoms with E-state index in [1.807, 2.05) is 12.1 Å². The van der Waals surface area contributed by atoms with E-state index >= 15 is 0 Å². The van der Waals surface area contributed by atoms with Crippen molar-refractivity contribution in [2.75, 3.05) is 27.4 Å². The average Bonchev–Trinajstić information content (AvgIpc) is 2.41. The number of ether oxygens (including phenoxy) is 3. The first-order valence-corrected chi connectivity index (χ1v) is 6.29. The molecule has 0 saturated carbocycles. The van der Waals surface area contributed by atoms with E-state index in [1.165, 1.54) is 5.56 Å². The van der Waals surface area contributed by atoms with Crippen molar-refractivity contribution in [1.82, 2.24) is 0 Å². The smallest absolute Gasteiger partial charge is 0.119 e. The SMILES string of the molecule is COCCO[C@@H]1CCc2ccc(OC)cc2[C@H]1N.Cl. The van der Waals surface area contributed by atoms with Crippen LogP contribution in [-0.2, 0) is 15.9 Å². The fourth-order valence-corrected chi connectivity index (χ4v) is 2.39. The molecule has 0 fully saturated rings. The normalized spacial score (nSPS) is 21.4. The van der Waals surface area contributed by atoms with Crippen LogP contribution < -0.4 is 10.5 Å². The Morgan fingerprint density at radius 3 is 2.74 bits per heavy atom. The average molecular weight is 288 g/mol. The third kappa shape index (κ3) is 3.83. The van der Waals surface area contributed by atoms with Gasteiger partial charge in [-0.25, -0.2) is 0 Å². The molecule has 0 aliphatic heterocycles. The highest BCUT2D eigenvalue weighted by Crippen LogP contribution is 2.32. The van der Waals surface area contributed by atoms with Crippen LogP contribution in [0.2, 0.25) is 0 Å². The second kappa shape index (κ2) is 7.70. The second-order valence-electron chi connectivity index (χ2n) is 4.53. The third-order valence-electron chi connectivity index (χ3n) is 3.43. The van der Waals surface area contributed by atoms with E-state index in [0.29, 0.717) is 13.2 Å². The number of hydrogen-bond acceptors (Lipinski definition) is 4. The summed E-state index contributed by atoms with van der Waals surface area (Å²) in [6.07, 6.45) is 2.04. The molecule has 108 valence electrons. The molecule has 1 aliphatic rings. The van der Waals surface area contributed by atoms with E-state index in [0.717, 1.165) is 24.2 Å². The van der Waals surface area contributed by atoms with Crippen molar-refractivity contribution in [1.29, 1.82) is 0 Å².